The maximum atomic E-state index is 12.5. The Bertz CT molecular complexity index is 972. The summed E-state index contributed by atoms with van der Waals surface area (Å²) in [4.78, 5) is 2.38. The van der Waals surface area contributed by atoms with E-state index in [0.717, 1.165) is 42.1 Å². The highest BCUT2D eigenvalue weighted by Crippen LogP contribution is 2.41. The molecule has 0 aromatic heterocycles. The van der Waals surface area contributed by atoms with Gasteiger partial charge in [0, 0.05) is 37.0 Å². The average Bonchev–Trinajstić information content (AvgIpc) is 2.84. The van der Waals surface area contributed by atoms with Crippen LogP contribution in [-0.2, 0) is 16.8 Å². The molecular formula is C27H30ClNO3. The number of hydrogen-bond donors (Lipinski definition) is 1. The molecule has 0 unspecified atom stereocenters. The predicted octanol–water partition coefficient (Wildman–Crippen LogP) is 4.89. The molecule has 0 saturated carbocycles. The van der Waals surface area contributed by atoms with Gasteiger partial charge in [-0.1, -0.05) is 66.2 Å². The molecule has 1 aliphatic heterocycles. The van der Waals surface area contributed by atoms with Gasteiger partial charge in [0.25, 0.3) is 0 Å². The standard InChI is InChI=1S/C27H30ClNO3/c1-31-25-13-9-23(10-14-25)27(30,19-21-5-3-2-4-6-21)26(20-29-15-17-32-18-16-29)22-7-11-24(28)12-8-22/h2-14,26,30H,15-20H2,1H3/t26-,27+/m0/s1. The number of morpholine rings is 1. The zero-order valence-electron chi connectivity index (χ0n) is 18.4. The second-order valence-corrected chi connectivity index (χ2v) is 8.77. The van der Waals surface area contributed by atoms with Crippen molar-refractivity contribution in [2.75, 3.05) is 40.0 Å². The normalized spacial score (nSPS) is 17.5. The van der Waals surface area contributed by atoms with Crippen LogP contribution in [-0.4, -0.2) is 50.0 Å². The van der Waals surface area contributed by atoms with Gasteiger partial charge >= 0.3 is 0 Å². The van der Waals surface area contributed by atoms with Gasteiger partial charge in [0.15, 0.2) is 0 Å². The Labute approximate surface area is 195 Å². The molecule has 0 aliphatic carbocycles. The van der Waals surface area contributed by atoms with E-state index in [1.54, 1.807) is 7.11 Å². The number of methoxy groups -OCH3 is 1. The summed E-state index contributed by atoms with van der Waals surface area (Å²) < 4.78 is 10.9. The van der Waals surface area contributed by atoms with E-state index in [1.165, 1.54) is 0 Å². The first-order valence-corrected chi connectivity index (χ1v) is 11.4. The first-order chi connectivity index (χ1) is 15.6. The van der Waals surface area contributed by atoms with E-state index in [2.05, 4.69) is 17.0 Å². The van der Waals surface area contributed by atoms with Crippen molar-refractivity contribution in [1.29, 1.82) is 0 Å². The van der Waals surface area contributed by atoms with Crippen molar-refractivity contribution in [1.82, 2.24) is 4.90 Å². The zero-order chi connectivity index (χ0) is 22.4. The second-order valence-electron chi connectivity index (χ2n) is 8.33. The Morgan fingerprint density at radius 3 is 2.25 bits per heavy atom. The van der Waals surface area contributed by atoms with E-state index in [-0.39, 0.29) is 5.92 Å². The Morgan fingerprint density at radius 1 is 0.969 bits per heavy atom. The summed E-state index contributed by atoms with van der Waals surface area (Å²) in [6, 6.07) is 25.8. The van der Waals surface area contributed by atoms with Crippen molar-refractivity contribution in [2.45, 2.75) is 17.9 Å². The van der Waals surface area contributed by atoms with Gasteiger partial charge in [-0.05, 0) is 41.0 Å². The monoisotopic (exact) mass is 451 g/mol. The molecule has 3 aromatic carbocycles. The van der Waals surface area contributed by atoms with Gasteiger partial charge in [0.05, 0.1) is 20.3 Å². The molecule has 5 heteroatoms. The van der Waals surface area contributed by atoms with Crippen LogP contribution in [0, 0.1) is 0 Å². The van der Waals surface area contributed by atoms with Crippen LogP contribution >= 0.6 is 11.6 Å². The molecule has 4 rings (SSSR count). The molecule has 1 saturated heterocycles. The summed E-state index contributed by atoms with van der Waals surface area (Å²) in [6.45, 7) is 3.86. The van der Waals surface area contributed by atoms with Crippen LogP contribution in [0.4, 0.5) is 0 Å². The van der Waals surface area contributed by atoms with Crippen LogP contribution in [0.3, 0.4) is 0 Å². The number of benzene rings is 3. The fourth-order valence-corrected chi connectivity index (χ4v) is 4.61. The van der Waals surface area contributed by atoms with Crippen LogP contribution in [0.5, 0.6) is 5.75 Å². The lowest BCUT2D eigenvalue weighted by atomic mass is 9.73. The van der Waals surface area contributed by atoms with Crippen LogP contribution in [0.2, 0.25) is 5.02 Å². The van der Waals surface area contributed by atoms with E-state index < -0.39 is 5.60 Å². The molecule has 1 fully saturated rings. The lowest BCUT2D eigenvalue weighted by Crippen LogP contribution is -2.45. The highest BCUT2D eigenvalue weighted by atomic mass is 35.5. The zero-order valence-corrected chi connectivity index (χ0v) is 19.2. The molecule has 0 radical (unpaired) electrons. The fourth-order valence-electron chi connectivity index (χ4n) is 4.48. The highest BCUT2D eigenvalue weighted by molar-refractivity contribution is 6.30. The van der Waals surface area contributed by atoms with E-state index in [9.17, 15) is 5.11 Å². The molecule has 0 bridgehead atoms. The number of halogens is 1. The van der Waals surface area contributed by atoms with Crippen LogP contribution < -0.4 is 4.74 Å². The third kappa shape index (κ3) is 5.33. The van der Waals surface area contributed by atoms with Crippen LogP contribution in [0.15, 0.2) is 78.9 Å². The van der Waals surface area contributed by atoms with Gasteiger partial charge in [-0.2, -0.15) is 0 Å². The Balaban J connectivity index is 1.79. The molecule has 0 spiro atoms. The third-order valence-electron chi connectivity index (χ3n) is 6.30. The van der Waals surface area contributed by atoms with E-state index in [0.29, 0.717) is 24.7 Å². The minimum Gasteiger partial charge on any atom is -0.497 e. The lowest BCUT2D eigenvalue weighted by molar-refractivity contribution is -0.0223. The molecule has 168 valence electrons. The molecule has 2 atom stereocenters. The number of hydrogen-bond acceptors (Lipinski definition) is 4. The maximum Gasteiger partial charge on any atom is 0.118 e. The van der Waals surface area contributed by atoms with Gasteiger partial charge < -0.3 is 14.6 Å². The van der Waals surface area contributed by atoms with E-state index in [4.69, 9.17) is 21.1 Å². The summed E-state index contributed by atoms with van der Waals surface area (Å²) in [7, 11) is 1.65. The van der Waals surface area contributed by atoms with Crippen LogP contribution in [0.25, 0.3) is 0 Å². The first kappa shape index (κ1) is 22.8. The Hall–Kier alpha value is -2.37. The van der Waals surface area contributed by atoms with E-state index >= 15 is 0 Å². The molecule has 4 nitrogen and oxygen atoms in total. The number of aliphatic hydroxyl groups is 1. The summed E-state index contributed by atoms with van der Waals surface area (Å²) in [6.07, 6.45) is 0.498. The van der Waals surface area contributed by atoms with Gasteiger partial charge in [-0.25, -0.2) is 0 Å². The summed E-state index contributed by atoms with van der Waals surface area (Å²) in [5.74, 6) is 0.610. The minimum absolute atomic E-state index is 0.161. The molecule has 32 heavy (non-hydrogen) atoms. The quantitative estimate of drug-likeness (QED) is 0.529. The summed E-state index contributed by atoms with van der Waals surface area (Å²) >= 11 is 6.20. The molecule has 1 N–H and O–H groups in total. The van der Waals surface area contributed by atoms with Crippen molar-refractivity contribution in [2.24, 2.45) is 0 Å². The first-order valence-electron chi connectivity index (χ1n) is 11.0. The molecule has 1 aliphatic rings. The molecule has 0 amide bonds. The van der Waals surface area contributed by atoms with Crippen molar-refractivity contribution < 1.29 is 14.6 Å². The number of ether oxygens (including phenoxy) is 2. The largest absolute Gasteiger partial charge is 0.497 e. The minimum atomic E-state index is -1.13. The van der Waals surface area contributed by atoms with E-state index in [1.807, 2.05) is 66.7 Å². The highest BCUT2D eigenvalue weighted by Gasteiger charge is 2.40. The van der Waals surface area contributed by atoms with Crippen molar-refractivity contribution in [3.05, 3.63) is 101 Å². The van der Waals surface area contributed by atoms with Crippen molar-refractivity contribution >= 4 is 11.6 Å². The lowest BCUT2D eigenvalue weighted by Gasteiger charge is -2.41. The van der Waals surface area contributed by atoms with Gasteiger partial charge in [-0.3, -0.25) is 4.90 Å². The average molecular weight is 452 g/mol. The van der Waals surface area contributed by atoms with Gasteiger partial charge in [0.2, 0.25) is 0 Å². The number of nitrogens with zero attached hydrogens (tertiary/aromatic N) is 1. The van der Waals surface area contributed by atoms with Crippen LogP contribution in [0.1, 0.15) is 22.6 Å². The molecular weight excluding hydrogens is 422 g/mol. The second kappa shape index (κ2) is 10.5. The van der Waals surface area contributed by atoms with Crippen molar-refractivity contribution in [3.63, 3.8) is 0 Å². The maximum absolute atomic E-state index is 12.5. The molecule has 1 heterocycles. The van der Waals surface area contributed by atoms with Gasteiger partial charge in [0.1, 0.15) is 11.4 Å². The number of rotatable bonds is 8. The fraction of sp³-hybridized carbons (Fsp3) is 0.333. The topological polar surface area (TPSA) is 41.9 Å². The molecule has 3 aromatic rings. The third-order valence-corrected chi connectivity index (χ3v) is 6.55. The smallest absolute Gasteiger partial charge is 0.118 e. The van der Waals surface area contributed by atoms with Gasteiger partial charge in [-0.15, -0.1) is 0 Å². The Morgan fingerprint density at radius 2 is 1.62 bits per heavy atom. The Kier molecular flexibility index (Phi) is 7.48. The predicted molar refractivity (Wildman–Crippen MR) is 128 cm³/mol. The van der Waals surface area contributed by atoms with Crippen molar-refractivity contribution in [3.8, 4) is 5.75 Å². The summed E-state index contributed by atoms with van der Waals surface area (Å²) in [5.41, 5.74) is 1.90. The summed E-state index contributed by atoms with van der Waals surface area (Å²) in [5, 5.41) is 13.2. The SMILES string of the molecule is COc1ccc([C@](O)(Cc2ccccc2)[C@@H](CN2CCOCC2)c2ccc(Cl)cc2)cc1.